The van der Waals surface area contributed by atoms with Crippen molar-refractivity contribution < 1.29 is 14.0 Å². The van der Waals surface area contributed by atoms with Crippen LogP contribution >= 0.6 is 0 Å². The second kappa shape index (κ2) is 9.04. The Morgan fingerprint density at radius 3 is 2.19 bits per heavy atom. The Morgan fingerprint density at radius 1 is 1.19 bits per heavy atom. The van der Waals surface area contributed by atoms with E-state index in [1.807, 2.05) is 0 Å². The summed E-state index contributed by atoms with van der Waals surface area (Å²) in [6.45, 7) is 17.8. The molecule has 0 saturated heterocycles. The van der Waals surface area contributed by atoms with E-state index in [0.717, 1.165) is 35.3 Å². The van der Waals surface area contributed by atoms with Crippen LogP contribution in [-0.2, 0) is 16.0 Å². The van der Waals surface area contributed by atoms with Crippen molar-refractivity contribution in [2.45, 2.75) is 85.0 Å². The van der Waals surface area contributed by atoms with Gasteiger partial charge < -0.3 is 14.9 Å². The highest BCUT2D eigenvalue weighted by Gasteiger charge is 2.39. The van der Waals surface area contributed by atoms with Gasteiger partial charge in [0.15, 0.2) is 0 Å². The average molecular weight is 380 g/mol. The summed E-state index contributed by atoms with van der Waals surface area (Å²) in [6, 6.07) is 3.51. The summed E-state index contributed by atoms with van der Waals surface area (Å²) >= 11 is 0. The summed E-state index contributed by atoms with van der Waals surface area (Å²) in [5.41, 5.74) is 9.39. The van der Waals surface area contributed by atoms with Crippen LogP contribution in [0.4, 0.5) is 0 Å². The molecule has 0 radical (unpaired) electrons. The van der Waals surface area contributed by atoms with Crippen LogP contribution in [0, 0.1) is 13.8 Å². The summed E-state index contributed by atoms with van der Waals surface area (Å²) in [4.78, 5) is 12.0. The topological polar surface area (TPSA) is 61.5 Å². The predicted molar refractivity (Wildman–Crippen MR) is 111 cm³/mol. The summed E-state index contributed by atoms with van der Waals surface area (Å²) in [6.07, 6.45) is 2.36. The van der Waals surface area contributed by atoms with Gasteiger partial charge in [-0.3, -0.25) is 4.79 Å². The van der Waals surface area contributed by atoms with E-state index >= 15 is 0 Å². The number of nitrogens with two attached hydrogens (primary N) is 1. The number of unbranched alkanes of at least 4 members (excludes halogenated alkanes) is 1. The van der Waals surface area contributed by atoms with Crippen LogP contribution in [0.1, 0.15) is 57.2 Å². The summed E-state index contributed by atoms with van der Waals surface area (Å²) < 4.78 is 11.7. The molecule has 0 aliphatic heterocycles. The first-order valence-corrected chi connectivity index (χ1v) is 12.5. The zero-order valence-corrected chi connectivity index (χ0v) is 18.9. The zero-order valence-electron chi connectivity index (χ0n) is 17.9. The molecule has 0 aromatic heterocycles. The van der Waals surface area contributed by atoms with Gasteiger partial charge in [0.05, 0.1) is 6.61 Å². The van der Waals surface area contributed by atoms with Crippen molar-refractivity contribution in [3.63, 3.8) is 0 Å². The van der Waals surface area contributed by atoms with Gasteiger partial charge in [0.1, 0.15) is 11.8 Å². The van der Waals surface area contributed by atoms with E-state index in [-0.39, 0.29) is 11.0 Å². The monoisotopic (exact) mass is 379 g/mol. The maximum Gasteiger partial charge on any atom is 0.323 e. The molecule has 4 nitrogen and oxygen atoms in total. The third kappa shape index (κ3) is 6.13. The molecule has 1 aromatic carbocycles. The molecule has 1 atom stereocenters. The second-order valence-electron chi connectivity index (χ2n) is 8.73. The third-order valence-corrected chi connectivity index (χ3v) is 9.68. The molecule has 5 heteroatoms. The molecule has 0 aliphatic rings. The lowest BCUT2D eigenvalue weighted by Crippen LogP contribution is -2.43. The van der Waals surface area contributed by atoms with E-state index < -0.39 is 14.4 Å². The number of ether oxygens (including phenoxy) is 1. The largest absolute Gasteiger partial charge is 0.543 e. The molecule has 0 heterocycles. The Hall–Kier alpha value is -1.33. The first-order valence-electron chi connectivity index (χ1n) is 9.60. The van der Waals surface area contributed by atoms with Gasteiger partial charge in [0.2, 0.25) is 8.32 Å². The molecule has 0 spiro atoms. The van der Waals surface area contributed by atoms with Crippen molar-refractivity contribution in [1.29, 1.82) is 0 Å². The zero-order chi connectivity index (χ0) is 20.1. The van der Waals surface area contributed by atoms with E-state index in [4.69, 9.17) is 14.9 Å². The predicted octanol–water partition coefficient (Wildman–Crippen LogP) is 4.90. The third-order valence-electron chi connectivity index (χ3n) is 5.32. The fourth-order valence-electron chi connectivity index (χ4n) is 2.51. The Balaban J connectivity index is 2.89. The standard InChI is InChI=1S/C21H37NO3Si/c1-9-10-11-24-20(23)19(22)14-18-15(2)12-17(13-16(18)3)25-26(7,8)21(4,5)6/h12-13,19H,9-11,14,22H2,1-8H3/t19-/m0/s1. The van der Waals surface area contributed by atoms with Crippen molar-refractivity contribution in [2.24, 2.45) is 5.73 Å². The maximum atomic E-state index is 12.0. The van der Waals surface area contributed by atoms with Crippen LogP contribution in [0.2, 0.25) is 18.1 Å². The lowest BCUT2D eigenvalue weighted by molar-refractivity contribution is -0.145. The molecule has 0 bridgehead atoms. The van der Waals surface area contributed by atoms with Crippen LogP contribution in [0.15, 0.2) is 12.1 Å². The molecule has 0 fully saturated rings. The molecule has 0 unspecified atom stereocenters. The molecular weight excluding hydrogens is 342 g/mol. The van der Waals surface area contributed by atoms with Gasteiger partial charge in [-0.25, -0.2) is 0 Å². The normalized spacial score (nSPS) is 13.4. The summed E-state index contributed by atoms with van der Waals surface area (Å²) in [7, 11) is -1.88. The van der Waals surface area contributed by atoms with Crippen molar-refractivity contribution in [3.8, 4) is 5.75 Å². The second-order valence-corrected chi connectivity index (χ2v) is 13.5. The SMILES string of the molecule is CCCCOC(=O)[C@@H](N)Cc1c(C)cc(O[Si](C)(C)C(C)(C)C)cc1C. The first kappa shape index (κ1) is 22.7. The molecule has 1 aromatic rings. The van der Waals surface area contributed by atoms with E-state index in [9.17, 15) is 4.79 Å². The highest BCUT2D eigenvalue weighted by molar-refractivity contribution is 6.74. The number of carbonyl (C=O) groups excluding carboxylic acids is 1. The van der Waals surface area contributed by atoms with Gasteiger partial charge >= 0.3 is 5.97 Å². The molecular formula is C21H37NO3Si. The fourth-order valence-corrected chi connectivity index (χ4v) is 3.52. The molecule has 2 N–H and O–H groups in total. The van der Waals surface area contributed by atoms with Crippen LogP contribution in [0.5, 0.6) is 5.75 Å². The molecule has 0 aliphatic carbocycles. The van der Waals surface area contributed by atoms with Crippen LogP contribution < -0.4 is 10.2 Å². The Bertz CT molecular complexity index is 597. The minimum atomic E-state index is -1.88. The van der Waals surface area contributed by atoms with Gasteiger partial charge in [-0.15, -0.1) is 0 Å². The molecule has 26 heavy (non-hydrogen) atoms. The number of esters is 1. The smallest absolute Gasteiger partial charge is 0.323 e. The van der Waals surface area contributed by atoms with E-state index in [0.29, 0.717) is 13.0 Å². The van der Waals surface area contributed by atoms with Crippen LogP contribution in [0.3, 0.4) is 0 Å². The fraction of sp³-hybridized carbons (Fsp3) is 0.667. The average Bonchev–Trinajstić information content (AvgIpc) is 2.49. The van der Waals surface area contributed by atoms with Crippen molar-refractivity contribution in [1.82, 2.24) is 0 Å². The van der Waals surface area contributed by atoms with Gasteiger partial charge in [0.25, 0.3) is 0 Å². The molecule has 148 valence electrons. The maximum absolute atomic E-state index is 12.0. The van der Waals surface area contributed by atoms with Gasteiger partial charge in [0, 0.05) is 0 Å². The van der Waals surface area contributed by atoms with Crippen LogP contribution in [-0.4, -0.2) is 26.9 Å². The highest BCUT2D eigenvalue weighted by atomic mass is 28.4. The lowest BCUT2D eigenvalue weighted by Gasteiger charge is -2.36. The number of carbonyl (C=O) groups is 1. The number of aryl methyl sites for hydroxylation is 2. The highest BCUT2D eigenvalue weighted by Crippen LogP contribution is 2.38. The quantitative estimate of drug-likeness (QED) is 0.396. The van der Waals surface area contributed by atoms with Crippen molar-refractivity contribution >= 4 is 14.3 Å². The van der Waals surface area contributed by atoms with Crippen molar-refractivity contribution in [3.05, 3.63) is 28.8 Å². The summed E-state index contributed by atoms with van der Waals surface area (Å²) in [5.74, 6) is 0.591. The number of benzene rings is 1. The van der Waals surface area contributed by atoms with Gasteiger partial charge in [-0.05, 0) is 73.6 Å². The number of rotatable bonds is 8. The molecule has 0 amide bonds. The molecule has 0 saturated carbocycles. The lowest BCUT2D eigenvalue weighted by atomic mass is 9.96. The van der Waals surface area contributed by atoms with E-state index in [1.54, 1.807) is 0 Å². The minimum Gasteiger partial charge on any atom is -0.543 e. The number of hydrogen-bond donors (Lipinski definition) is 1. The Labute approximate surface area is 160 Å². The van der Waals surface area contributed by atoms with E-state index in [2.05, 4.69) is 66.8 Å². The number of hydrogen-bond acceptors (Lipinski definition) is 4. The molecule has 1 rings (SSSR count). The van der Waals surface area contributed by atoms with Crippen molar-refractivity contribution in [2.75, 3.05) is 6.61 Å². The Kier molecular flexibility index (Phi) is 7.90. The first-order chi connectivity index (χ1) is 11.9. The van der Waals surface area contributed by atoms with Gasteiger partial charge in [-0.1, -0.05) is 34.1 Å². The Morgan fingerprint density at radius 2 is 1.73 bits per heavy atom. The minimum absolute atomic E-state index is 0.151. The van der Waals surface area contributed by atoms with Gasteiger partial charge in [-0.2, -0.15) is 0 Å². The van der Waals surface area contributed by atoms with Crippen LogP contribution in [0.25, 0.3) is 0 Å². The summed E-state index contributed by atoms with van der Waals surface area (Å²) in [5, 5.41) is 0.151. The van der Waals surface area contributed by atoms with E-state index in [1.165, 1.54) is 0 Å².